The lowest BCUT2D eigenvalue weighted by Crippen LogP contribution is -2.50. The third-order valence-electron chi connectivity index (χ3n) is 4.64. The fourth-order valence-corrected chi connectivity index (χ4v) is 3.25. The van der Waals surface area contributed by atoms with Crippen LogP contribution in [0.3, 0.4) is 0 Å². The molecule has 3 rings (SSSR count). The molecule has 0 radical (unpaired) electrons. The number of piperazine rings is 1. The summed E-state index contributed by atoms with van der Waals surface area (Å²) in [5.41, 5.74) is 3.40. The van der Waals surface area contributed by atoms with Crippen LogP contribution in [0.25, 0.3) is 5.65 Å². The van der Waals surface area contributed by atoms with E-state index in [-0.39, 0.29) is 6.61 Å². The molecule has 1 atom stereocenters. The van der Waals surface area contributed by atoms with Crippen molar-refractivity contribution in [3.8, 4) is 0 Å². The van der Waals surface area contributed by atoms with E-state index < -0.39 is 0 Å². The molecule has 1 aliphatic rings. The Morgan fingerprint density at radius 3 is 2.64 bits per heavy atom. The van der Waals surface area contributed by atoms with E-state index >= 15 is 0 Å². The van der Waals surface area contributed by atoms with E-state index in [4.69, 9.17) is 4.98 Å². The summed E-state index contributed by atoms with van der Waals surface area (Å²) in [4.78, 5) is 9.56. The number of fused-ring (bicyclic) bond motifs is 1. The summed E-state index contributed by atoms with van der Waals surface area (Å²) >= 11 is 0. The Morgan fingerprint density at radius 1 is 1.18 bits per heavy atom. The second kappa shape index (κ2) is 6.77. The molecule has 1 fully saturated rings. The van der Waals surface area contributed by atoms with Crippen LogP contribution in [-0.4, -0.2) is 63.1 Å². The molecule has 2 aromatic heterocycles. The molecule has 1 saturated heterocycles. The molecule has 0 aliphatic carbocycles. The highest BCUT2D eigenvalue weighted by Gasteiger charge is 2.22. The van der Waals surface area contributed by atoms with Crippen molar-refractivity contribution in [2.24, 2.45) is 0 Å². The first-order valence-corrected chi connectivity index (χ1v) is 8.21. The van der Waals surface area contributed by atoms with Crippen LogP contribution >= 0.6 is 0 Å². The first-order valence-electron chi connectivity index (χ1n) is 8.21. The number of aromatic nitrogens is 2. The molecule has 0 aromatic carbocycles. The van der Waals surface area contributed by atoms with Gasteiger partial charge < -0.3 is 9.51 Å². The van der Waals surface area contributed by atoms with Gasteiger partial charge in [0.1, 0.15) is 5.65 Å². The molecular weight excluding hydrogens is 276 g/mol. The third kappa shape index (κ3) is 3.32. The smallest absolute Gasteiger partial charge is 0.137 e. The summed E-state index contributed by atoms with van der Waals surface area (Å²) in [5, 5.41) is 9.41. The molecule has 0 bridgehead atoms. The molecule has 3 heterocycles. The van der Waals surface area contributed by atoms with Crippen LogP contribution in [0.2, 0.25) is 0 Å². The number of hydrogen-bond donors (Lipinski definition) is 1. The maximum absolute atomic E-state index is 9.41. The Morgan fingerprint density at radius 2 is 1.95 bits per heavy atom. The molecule has 5 nitrogen and oxygen atoms in total. The fourth-order valence-electron chi connectivity index (χ4n) is 3.25. The zero-order valence-electron chi connectivity index (χ0n) is 13.6. The van der Waals surface area contributed by atoms with Gasteiger partial charge >= 0.3 is 0 Å². The summed E-state index contributed by atoms with van der Waals surface area (Å²) in [5.74, 6) is 0. The minimum absolute atomic E-state index is 0.266. The van der Waals surface area contributed by atoms with Gasteiger partial charge in [0.15, 0.2) is 0 Å². The average Bonchev–Trinajstić information content (AvgIpc) is 2.91. The molecule has 0 spiro atoms. The lowest BCUT2D eigenvalue weighted by atomic mass is 10.1. The van der Waals surface area contributed by atoms with Crippen LogP contribution in [0.4, 0.5) is 0 Å². The Hall–Kier alpha value is -1.43. The molecule has 1 aliphatic heterocycles. The van der Waals surface area contributed by atoms with Crippen molar-refractivity contribution < 1.29 is 5.11 Å². The highest BCUT2D eigenvalue weighted by molar-refractivity contribution is 5.41. The number of nitrogens with zero attached hydrogens (tertiary/aromatic N) is 4. The van der Waals surface area contributed by atoms with Crippen LogP contribution < -0.4 is 0 Å². The Labute approximate surface area is 132 Å². The van der Waals surface area contributed by atoms with Gasteiger partial charge in [0, 0.05) is 51.2 Å². The zero-order valence-corrected chi connectivity index (χ0v) is 13.6. The predicted octanol–water partition coefficient (Wildman–Crippen LogP) is 1.53. The summed E-state index contributed by atoms with van der Waals surface area (Å²) < 4.78 is 2.11. The van der Waals surface area contributed by atoms with Gasteiger partial charge in [-0.1, -0.05) is 13.0 Å². The van der Waals surface area contributed by atoms with Crippen molar-refractivity contribution >= 4 is 5.65 Å². The highest BCUT2D eigenvalue weighted by atomic mass is 16.3. The van der Waals surface area contributed by atoms with E-state index in [0.29, 0.717) is 6.04 Å². The number of pyridine rings is 1. The van der Waals surface area contributed by atoms with Gasteiger partial charge in [-0.05, 0) is 25.0 Å². The number of hydrogen-bond acceptors (Lipinski definition) is 4. The Bertz CT molecular complexity index is 612. The van der Waals surface area contributed by atoms with Crippen molar-refractivity contribution in [1.29, 1.82) is 0 Å². The van der Waals surface area contributed by atoms with Crippen molar-refractivity contribution in [3.63, 3.8) is 0 Å². The molecule has 1 unspecified atom stereocenters. The molecule has 2 aromatic rings. The predicted molar refractivity (Wildman–Crippen MR) is 87.9 cm³/mol. The third-order valence-corrected chi connectivity index (χ3v) is 4.64. The van der Waals surface area contributed by atoms with E-state index in [1.807, 2.05) is 0 Å². The molecule has 0 amide bonds. The van der Waals surface area contributed by atoms with Gasteiger partial charge in [-0.2, -0.15) is 0 Å². The van der Waals surface area contributed by atoms with Crippen LogP contribution in [0.1, 0.15) is 24.6 Å². The highest BCUT2D eigenvalue weighted by Crippen LogP contribution is 2.13. The largest absolute Gasteiger partial charge is 0.395 e. The van der Waals surface area contributed by atoms with Crippen molar-refractivity contribution in [2.75, 3.05) is 32.8 Å². The van der Waals surface area contributed by atoms with Gasteiger partial charge in [0.25, 0.3) is 0 Å². The maximum atomic E-state index is 9.41. The standard InChI is InChI=1S/C17H26N4O/c1-3-16(13-22)20-8-6-19(7-9-20)11-15-12-21-10-14(2)4-5-17(21)18-15/h4-5,10,12,16,22H,3,6-9,11,13H2,1-2H3. The van der Waals surface area contributed by atoms with Crippen LogP contribution in [0.15, 0.2) is 24.5 Å². The van der Waals surface area contributed by atoms with Gasteiger partial charge in [-0.25, -0.2) is 4.98 Å². The van der Waals surface area contributed by atoms with Crippen molar-refractivity contribution in [1.82, 2.24) is 19.2 Å². The molecule has 1 N–H and O–H groups in total. The number of aliphatic hydroxyl groups excluding tert-OH is 1. The van der Waals surface area contributed by atoms with E-state index in [1.54, 1.807) is 0 Å². The van der Waals surface area contributed by atoms with Gasteiger partial charge in [0.05, 0.1) is 12.3 Å². The molecule has 22 heavy (non-hydrogen) atoms. The van der Waals surface area contributed by atoms with Gasteiger partial charge in [-0.3, -0.25) is 9.80 Å². The zero-order chi connectivity index (χ0) is 15.5. The van der Waals surface area contributed by atoms with E-state index in [2.05, 4.69) is 52.6 Å². The summed E-state index contributed by atoms with van der Waals surface area (Å²) in [6.07, 6.45) is 5.27. The molecular formula is C17H26N4O. The topological polar surface area (TPSA) is 44.0 Å². The normalized spacial score (nSPS) is 18.9. The monoisotopic (exact) mass is 302 g/mol. The van der Waals surface area contributed by atoms with E-state index in [1.165, 1.54) is 5.56 Å². The van der Waals surface area contributed by atoms with E-state index in [0.717, 1.165) is 50.5 Å². The Balaban J connectivity index is 1.60. The number of rotatable bonds is 5. The molecule has 120 valence electrons. The first-order chi connectivity index (χ1) is 10.7. The quantitative estimate of drug-likeness (QED) is 0.910. The minimum atomic E-state index is 0.266. The van der Waals surface area contributed by atoms with Gasteiger partial charge in [0.2, 0.25) is 0 Å². The second-order valence-corrected chi connectivity index (χ2v) is 6.26. The van der Waals surface area contributed by atoms with Gasteiger partial charge in [-0.15, -0.1) is 0 Å². The number of aryl methyl sites for hydroxylation is 1. The summed E-state index contributed by atoms with van der Waals surface area (Å²) in [6, 6.07) is 4.49. The Kier molecular flexibility index (Phi) is 4.76. The van der Waals surface area contributed by atoms with E-state index in [9.17, 15) is 5.11 Å². The van der Waals surface area contributed by atoms with Crippen LogP contribution in [0, 0.1) is 6.92 Å². The summed E-state index contributed by atoms with van der Waals surface area (Å²) in [6.45, 7) is 9.58. The number of aliphatic hydroxyl groups is 1. The molecule has 5 heteroatoms. The first kappa shape index (κ1) is 15.5. The maximum Gasteiger partial charge on any atom is 0.137 e. The second-order valence-electron chi connectivity index (χ2n) is 6.26. The fraction of sp³-hybridized carbons (Fsp3) is 0.588. The summed E-state index contributed by atoms with van der Waals surface area (Å²) in [7, 11) is 0. The minimum Gasteiger partial charge on any atom is -0.395 e. The van der Waals surface area contributed by atoms with Crippen LogP contribution in [-0.2, 0) is 6.54 Å². The average molecular weight is 302 g/mol. The molecule has 0 saturated carbocycles. The lowest BCUT2D eigenvalue weighted by Gasteiger charge is -2.38. The van der Waals surface area contributed by atoms with Crippen LogP contribution in [0.5, 0.6) is 0 Å². The van der Waals surface area contributed by atoms with Crippen molar-refractivity contribution in [3.05, 3.63) is 35.8 Å². The number of imidazole rings is 1. The van der Waals surface area contributed by atoms with Crippen molar-refractivity contribution in [2.45, 2.75) is 32.9 Å². The lowest BCUT2D eigenvalue weighted by molar-refractivity contribution is 0.0604. The SMILES string of the molecule is CCC(CO)N1CCN(Cc2cn3cc(C)ccc3n2)CC1.